The molecule has 0 radical (unpaired) electrons. The number of rotatable bonds is 2. The van der Waals surface area contributed by atoms with E-state index in [0.29, 0.717) is 0 Å². The summed E-state index contributed by atoms with van der Waals surface area (Å²) >= 11 is 0. The molecule has 128 valence electrons. The molecule has 4 aliphatic carbocycles. The fraction of sp³-hybridized carbons (Fsp3) is 0.667. The molecule has 1 saturated heterocycles. The number of carbonyl (C=O) groups is 1. The second-order valence-electron chi connectivity index (χ2n) is 8.62. The van der Waals surface area contributed by atoms with Gasteiger partial charge in [-0.2, -0.15) is 0 Å². The number of benzene rings is 1. The van der Waals surface area contributed by atoms with Crippen LogP contribution in [0, 0.1) is 23.7 Å². The molecule has 0 N–H and O–H groups in total. The maximum Gasteiger partial charge on any atom is 0.253 e. The van der Waals surface area contributed by atoms with Gasteiger partial charge in [-0.1, -0.05) is 18.2 Å². The van der Waals surface area contributed by atoms with Crippen LogP contribution >= 0.6 is 0 Å². The van der Waals surface area contributed by atoms with Crippen LogP contribution in [0.4, 0.5) is 0 Å². The van der Waals surface area contributed by atoms with Gasteiger partial charge in [0.1, 0.15) is 0 Å². The lowest BCUT2D eigenvalue weighted by Crippen LogP contribution is -2.60. The Kier molecular flexibility index (Phi) is 3.66. The van der Waals surface area contributed by atoms with Crippen LogP contribution in [-0.2, 0) is 0 Å². The first kappa shape index (κ1) is 14.9. The third-order valence-electron chi connectivity index (χ3n) is 7.22. The van der Waals surface area contributed by atoms with Crippen molar-refractivity contribution in [3.63, 3.8) is 0 Å². The van der Waals surface area contributed by atoms with Gasteiger partial charge in [-0.3, -0.25) is 9.69 Å². The van der Waals surface area contributed by atoms with Crippen LogP contribution in [0.25, 0.3) is 0 Å². The van der Waals surface area contributed by atoms with E-state index in [9.17, 15) is 4.79 Å². The van der Waals surface area contributed by atoms with Crippen molar-refractivity contribution in [3.05, 3.63) is 35.9 Å². The van der Waals surface area contributed by atoms with Gasteiger partial charge in [-0.05, 0) is 67.9 Å². The lowest BCUT2D eigenvalue weighted by molar-refractivity contribution is -0.0743. The van der Waals surface area contributed by atoms with Gasteiger partial charge in [0, 0.05) is 37.8 Å². The van der Waals surface area contributed by atoms with E-state index in [1.165, 1.54) is 32.1 Å². The Labute approximate surface area is 145 Å². The van der Waals surface area contributed by atoms with E-state index >= 15 is 0 Å². The first-order valence-corrected chi connectivity index (χ1v) is 9.86. The van der Waals surface area contributed by atoms with Gasteiger partial charge in [-0.15, -0.1) is 0 Å². The summed E-state index contributed by atoms with van der Waals surface area (Å²) in [7, 11) is 0. The van der Waals surface area contributed by atoms with Crippen molar-refractivity contribution in [1.29, 1.82) is 0 Å². The van der Waals surface area contributed by atoms with Crippen LogP contribution in [0.5, 0.6) is 0 Å². The normalized spacial score (nSPS) is 38.5. The summed E-state index contributed by atoms with van der Waals surface area (Å²) < 4.78 is 0. The molecule has 1 heterocycles. The molecular weight excluding hydrogens is 296 g/mol. The van der Waals surface area contributed by atoms with Gasteiger partial charge in [0.25, 0.3) is 5.91 Å². The van der Waals surface area contributed by atoms with Crippen molar-refractivity contribution < 1.29 is 4.79 Å². The Hall–Kier alpha value is -1.35. The SMILES string of the molecule is O=C(c1ccccc1)N1CCN(C2C3CC4CC(C3)CC2C4)CC1. The van der Waals surface area contributed by atoms with E-state index in [1.54, 1.807) is 0 Å². The molecule has 3 heteroatoms. The van der Waals surface area contributed by atoms with Crippen LogP contribution in [0.2, 0.25) is 0 Å². The summed E-state index contributed by atoms with van der Waals surface area (Å²) in [5, 5.41) is 0. The number of nitrogens with zero attached hydrogens (tertiary/aromatic N) is 2. The molecule has 5 fully saturated rings. The molecule has 6 rings (SSSR count). The molecule has 0 spiro atoms. The molecule has 3 nitrogen and oxygen atoms in total. The quantitative estimate of drug-likeness (QED) is 0.833. The molecule has 1 aromatic rings. The number of carbonyl (C=O) groups excluding carboxylic acids is 1. The van der Waals surface area contributed by atoms with E-state index < -0.39 is 0 Å². The minimum atomic E-state index is 0.209. The van der Waals surface area contributed by atoms with Crippen LogP contribution < -0.4 is 0 Å². The van der Waals surface area contributed by atoms with Crippen molar-refractivity contribution in [3.8, 4) is 0 Å². The van der Waals surface area contributed by atoms with Crippen molar-refractivity contribution >= 4 is 5.91 Å². The maximum absolute atomic E-state index is 12.6. The first-order chi connectivity index (χ1) is 11.8. The second-order valence-corrected chi connectivity index (χ2v) is 8.62. The second kappa shape index (κ2) is 5.87. The fourth-order valence-corrected chi connectivity index (χ4v) is 6.48. The highest BCUT2D eigenvalue weighted by Crippen LogP contribution is 2.55. The number of hydrogen-bond acceptors (Lipinski definition) is 2. The molecular formula is C21H28N2O. The molecule has 5 aliphatic rings. The smallest absolute Gasteiger partial charge is 0.253 e. The third-order valence-corrected chi connectivity index (χ3v) is 7.22. The van der Waals surface area contributed by atoms with E-state index in [0.717, 1.165) is 61.5 Å². The number of piperazine rings is 1. The Morgan fingerprint density at radius 2 is 1.38 bits per heavy atom. The summed E-state index contributed by atoms with van der Waals surface area (Å²) in [6, 6.07) is 10.6. The Balaban J connectivity index is 1.24. The van der Waals surface area contributed by atoms with Crippen molar-refractivity contribution in [2.75, 3.05) is 26.2 Å². The zero-order valence-electron chi connectivity index (χ0n) is 14.4. The first-order valence-electron chi connectivity index (χ1n) is 9.86. The van der Waals surface area contributed by atoms with Gasteiger partial charge in [0.05, 0.1) is 0 Å². The molecule has 0 unspecified atom stereocenters. The molecule has 0 aromatic heterocycles. The van der Waals surface area contributed by atoms with Crippen molar-refractivity contribution in [1.82, 2.24) is 9.80 Å². The summed E-state index contributed by atoms with van der Waals surface area (Å²) in [5.41, 5.74) is 0.834. The summed E-state index contributed by atoms with van der Waals surface area (Å²) in [6.45, 7) is 3.95. The molecule has 4 bridgehead atoms. The van der Waals surface area contributed by atoms with Gasteiger partial charge in [-0.25, -0.2) is 0 Å². The summed E-state index contributed by atoms with van der Waals surface area (Å²) in [5.74, 6) is 4.21. The number of amides is 1. The van der Waals surface area contributed by atoms with Gasteiger partial charge in [0.15, 0.2) is 0 Å². The maximum atomic E-state index is 12.6. The predicted octanol–water partition coefficient (Wildman–Crippen LogP) is 3.27. The topological polar surface area (TPSA) is 23.6 Å². The molecule has 1 aliphatic heterocycles. The van der Waals surface area contributed by atoms with Crippen LogP contribution in [0.3, 0.4) is 0 Å². The minimum Gasteiger partial charge on any atom is -0.336 e. The molecule has 1 amide bonds. The highest BCUT2D eigenvalue weighted by Gasteiger charge is 2.50. The average molecular weight is 324 g/mol. The van der Waals surface area contributed by atoms with Crippen molar-refractivity contribution in [2.24, 2.45) is 23.7 Å². The standard InChI is InChI=1S/C21H28N2O/c24-21(17-4-2-1-3-5-17)23-8-6-22(7-9-23)20-18-11-15-10-16(13-18)14-19(20)12-15/h1-5,15-16,18-20H,6-14H2. The van der Waals surface area contributed by atoms with Gasteiger partial charge in [0.2, 0.25) is 0 Å². The number of hydrogen-bond donors (Lipinski definition) is 0. The molecule has 4 saturated carbocycles. The lowest BCUT2D eigenvalue weighted by atomic mass is 9.54. The zero-order chi connectivity index (χ0) is 16.1. The monoisotopic (exact) mass is 324 g/mol. The lowest BCUT2D eigenvalue weighted by Gasteiger charge is -2.58. The van der Waals surface area contributed by atoms with Gasteiger partial charge >= 0.3 is 0 Å². The highest BCUT2D eigenvalue weighted by atomic mass is 16.2. The Morgan fingerprint density at radius 1 is 0.792 bits per heavy atom. The zero-order valence-corrected chi connectivity index (χ0v) is 14.4. The Bertz CT molecular complexity index is 578. The highest BCUT2D eigenvalue weighted by molar-refractivity contribution is 5.94. The van der Waals surface area contributed by atoms with Gasteiger partial charge < -0.3 is 4.90 Å². The molecule has 24 heavy (non-hydrogen) atoms. The summed E-state index contributed by atoms with van der Waals surface area (Å²) in [6.07, 6.45) is 7.47. The van der Waals surface area contributed by atoms with E-state index in [1.807, 2.05) is 30.3 Å². The fourth-order valence-electron chi connectivity index (χ4n) is 6.48. The van der Waals surface area contributed by atoms with E-state index in [4.69, 9.17) is 0 Å². The largest absolute Gasteiger partial charge is 0.336 e. The Morgan fingerprint density at radius 3 is 1.96 bits per heavy atom. The molecule has 1 aromatic carbocycles. The average Bonchev–Trinajstić information content (AvgIpc) is 2.61. The minimum absolute atomic E-state index is 0.209. The van der Waals surface area contributed by atoms with Crippen LogP contribution in [0.15, 0.2) is 30.3 Å². The van der Waals surface area contributed by atoms with Crippen LogP contribution in [-0.4, -0.2) is 47.9 Å². The van der Waals surface area contributed by atoms with Crippen LogP contribution in [0.1, 0.15) is 42.5 Å². The summed E-state index contributed by atoms with van der Waals surface area (Å²) in [4.78, 5) is 17.4. The van der Waals surface area contributed by atoms with Crippen molar-refractivity contribution in [2.45, 2.75) is 38.1 Å². The van der Waals surface area contributed by atoms with E-state index in [-0.39, 0.29) is 5.91 Å². The third kappa shape index (κ3) is 2.48. The molecule has 0 atom stereocenters. The predicted molar refractivity (Wildman–Crippen MR) is 94.8 cm³/mol. The van der Waals surface area contributed by atoms with E-state index in [2.05, 4.69) is 9.80 Å².